The number of amides is 1. The summed E-state index contributed by atoms with van der Waals surface area (Å²) in [6, 6.07) is 22.4. The number of rotatable bonds is 5. The van der Waals surface area contributed by atoms with Crippen LogP contribution in [-0.4, -0.2) is 24.5 Å². The number of aromatic nitrogens is 2. The van der Waals surface area contributed by atoms with Gasteiger partial charge in [-0.05, 0) is 42.3 Å². The highest BCUT2D eigenvalue weighted by Crippen LogP contribution is 2.35. The number of ether oxygens (including phenoxy) is 1. The molecule has 2 aromatic carbocycles. The molecule has 8 heteroatoms. The number of nitrogens with zero attached hydrogens (tertiary/aromatic N) is 3. The molecule has 1 amide bonds. The van der Waals surface area contributed by atoms with Crippen LogP contribution < -0.4 is 10.3 Å². The molecule has 1 saturated heterocycles. The predicted octanol–water partition coefficient (Wildman–Crippen LogP) is 5.20. The average molecular weight is 486 g/mol. The highest BCUT2D eigenvalue weighted by Gasteiger charge is 2.33. The molecule has 168 valence electrons. The number of thioether (sulfide) groups is 1. The van der Waals surface area contributed by atoms with Gasteiger partial charge < -0.3 is 4.74 Å². The maximum absolute atomic E-state index is 13.4. The van der Waals surface area contributed by atoms with E-state index >= 15 is 0 Å². The van der Waals surface area contributed by atoms with E-state index in [9.17, 15) is 9.59 Å². The van der Waals surface area contributed by atoms with Crippen molar-refractivity contribution in [1.82, 2.24) is 14.3 Å². The van der Waals surface area contributed by atoms with E-state index in [0.29, 0.717) is 27.2 Å². The third-order valence-electron chi connectivity index (χ3n) is 5.37. The molecule has 3 heterocycles. The minimum atomic E-state index is -0.331. The largest absolute Gasteiger partial charge is 0.438 e. The Morgan fingerprint density at radius 2 is 1.74 bits per heavy atom. The van der Waals surface area contributed by atoms with Crippen LogP contribution in [0.3, 0.4) is 0 Å². The Kier molecular flexibility index (Phi) is 6.00. The van der Waals surface area contributed by atoms with Crippen LogP contribution in [0.4, 0.5) is 0 Å². The first kappa shape index (κ1) is 22.1. The summed E-state index contributed by atoms with van der Waals surface area (Å²) in [5, 5.41) is 0. The van der Waals surface area contributed by atoms with Gasteiger partial charge in [0.1, 0.15) is 21.3 Å². The predicted molar refractivity (Wildman–Crippen MR) is 138 cm³/mol. The molecule has 5 rings (SSSR count). The summed E-state index contributed by atoms with van der Waals surface area (Å²) in [5.74, 6) is 0.470. The zero-order chi connectivity index (χ0) is 23.7. The van der Waals surface area contributed by atoms with Gasteiger partial charge in [-0.15, -0.1) is 0 Å². The lowest BCUT2D eigenvalue weighted by Gasteiger charge is -2.14. The van der Waals surface area contributed by atoms with Gasteiger partial charge in [-0.1, -0.05) is 78.6 Å². The molecular weight excluding hydrogens is 466 g/mol. The molecule has 1 aliphatic heterocycles. The first-order valence-corrected chi connectivity index (χ1v) is 11.8. The van der Waals surface area contributed by atoms with Crippen molar-refractivity contribution in [2.24, 2.45) is 0 Å². The Morgan fingerprint density at radius 1 is 1.00 bits per heavy atom. The Labute approximate surface area is 205 Å². The van der Waals surface area contributed by atoms with Crippen molar-refractivity contribution in [2.75, 3.05) is 0 Å². The summed E-state index contributed by atoms with van der Waals surface area (Å²) in [4.78, 5) is 33.1. The van der Waals surface area contributed by atoms with Crippen LogP contribution in [0.1, 0.15) is 16.7 Å². The third-order valence-corrected chi connectivity index (χ3v) is 6.74. The van der Waals surface area contributed by atoms with E-state index in [4.69, 9.17) is 17.0 Å². The van der Waals surface area contributed by atoms with Crippen LogP contribution in [0.5, 0.6) is 11.6 Å². The summed E-state index contributed by atoms with van der Waals surface area (Å²) in [7, 11) is 0. The molecule has 0 bridgehead atoms. The second kappa shape index (κ2) is 9.24. The fourth-order valence-electron chi connectivity index (χ4n) is 3.59. The normalized spacial score (nSPS) is 14.9. The maximum Gasteiger partial charge on any atom is 0.269 e. The first-order chi connectivity index (χ1) is 16.5. The molecule has 2 aromatic heterocycles. The molecule has 1 fully saturated rings. The first-order valence-electron chi connectivity index (χ1n) is 10.6. The molecule has 0 saturated carbocycles. The third kappa shape index (κ3) is 4.25. The maximum atomic E-state index is 13.4. The number of hydrogen-bond acceptors (Lipinski definition) is 6. The quantitative estimate of drug-likeness (QED) is 0.286. The number of benzene rings is 2. The zero-order valence-electron chi connectivity index (χ0n) is 18.2. The molecule has 0 aliphatic carbocycles. The van der Waals surface area contributed by atoms with Gasteiger partial charge in [-0.2, -0.15) is 4.98 Å². The van der Waals surface area contributed by atoms with Gasteiger partial charge in [0.05, 0.1) is 11.4 Å². The van der Waals surface area contributed by atoms with Crippen molar-refractivity contribution in [3.8, 4) is 11.6 Å². The molecule has 4 aromatic rings. The number of thiocarbonyl (C=S) groups is 1. The van der Waals surface area contributed by atoms with E-state index < -0.39 is 0 Å². The molecular formula is C26H19N3O3S2. The number of fused-ring (bicyclic) bond motifs is 1. The van der Waals surface area contributed by atoms with Crippen molar-refractivity contribution in [3.05, 3.63) is 111 Å². The van der Waals surface area contributed by atoms with Gasteiger partial charge in [0.15, 0.2) is 0 Å². The van der Waals surface area contributed by atoms with Crippen molar-refractivity contribution < 1.29 is 9.53 Å². The fraction of sp³-hybridized carbons (Fsp3) is 0.0769. The number of aryl methyl sites for hydroxylation is 1. The Hall–Kier alpha value is -3.75. The fourth-order valence-corrected chi connectivity index (χ4v) is 4.83. The number of carbonyl (C=O) groups is 1. The topological polar surface area (TPSA) is 63.9 Å². The zero-order valence-corrected chi connectivity index (χ0v) is 19.8. The number of pyridine rings is 1. The van der Waals surface area contributed by atoms with Crippen LogP contribution in [0.25, 0.3) is 11.7 Å². The van der Waals surface area contributed by atoms with E-state index in [1.54, 1.807) is 24.4 Å². The molecule has 6 nitrogen and oxygen atoms in total. The Balaban J connectivity index is 1.58. The molecule has 0 atom stereocenters. The van der Waals surface area contributed by atoms with Gasteiger partial charge in [0, 0.05) is 6.20 Å². The second-order valence-electron chi connectivity index (χ2n) is 7.69. The average Bonchev–Trinajstić information content (AvgIpc) is 3.11. The number of hydrogen-bond donors (Lipinski definition) is 0. The summed E-state index contributed by atoms with van der Waals surface area (Å²) >= 11 is 6.64. The van der Waals surface area contributed by atoms with Crippen LogP contribution in [0, 0.1) is 6.92 Å². The lowest BCUT2D eigenvalue weighted by molar-refractivity contribution is -0.122. The summed E-state index contributed by atoms with van der Waals surface area (Å²) in [6.45, 7) is 2.28. The monoisotopic (exact) mass is 485 g/mol. The standard InChI is InChI=1S/C26H19N3O3S2/c1-17-9-5-6-12-20(17)32-23-19(24(30)28-14-8-7-13-22(28)27-23)15-21-25(31)29(26(33)34-21)16-18-10-3-2-4-11-18/h2-15H,16H2,1H3/b21-15+. The highest BCUT2D eigenvalue weighted by atomic mass is 32.2. The van der Waals surface area contributed by atoms with Gasteiger partial charge >= 0.3 is 0 Å². The number of carbonyl (C=O) groups excluding carboxylic acids is 1. The van der Waals surface area contributed by atoms with E-state index in [2.05, 4.69) is 4.98 Å². The minimum absolute atomic E-state index is 0.138. The molecule has 0 unspecified atom stereocenters. The Bertz CT molecular complexity index is 1510. The summed E-state index contributed by atoms with van der Waals surface area (Å²) in [6.07, 6.45) is 3.17. The van der Waals surface area contributed by atoms with Crippen molar-refractivity contribution in [3.63, 3.8) is 0 Å². The van der Waals surface area contributed by atoms with Crippen LogP contribution in [0.15, 0.2) is 88.7 Å². The van der Waals surface area contributed by atoms with Gasteiger partial charge in [-0.3, -0.25) is 18.9 Å². The minimum Gasteiger partial charge on any atom is -0.438 e. The van der Waals surface area contributed by atoms with Crippen LogP contribution in [0.2, 0.25) is 0 Å². The molecule has 0 N–H and O–H groups in total. The van der Waals surface area contributed by atoms with Crippen molar-refractivity contribution >= 4 is 45.9 Å². The van der Waals surface area contributed by atoms with Gasteiger partial charge in [0.2, 0.25) is 5.88 Å². The molecule has 34 heavy (non-hydrogen) atoms. The van der Waals surface area contributed by atoms with Crippen molar-refractivity contribution in [2.45, 2.75) is 13.5 Å². The molecule has 1 aliphatic rings. The Morgan fingerprint density at radius 3 is 2.53 bits per heavy atom. The van der Waals surface area contributed by atoms with Crippen LogP contribution >= 0.6 is 24.0 Å². The van der Waals surface area contributed by atoms with E-state index in [1.165, 1.54) is 27.1 Å². The van der Waals surface area contributed by atoms with E-state index in [0.717, 1.165) is 11.1 Å². The smallest absolute Gasteiger partial charge is 0.269 e. The molecule has 0 radical (unpaired) electrons. The second-order valence-corrected chi connectivity index (χ2v) is 9.36. The van der Waals surface area contributed by atoms with Gasteiger partial charge in [0.25, 0.3) is 11.5 Å². The van der Waals surface area contributed by atoms with Gasteiger partial charge in [-0.25, -0.2) is 0 Å². The van der Waals surface area contributed by atoms with E-state index in [-0.39, 0.29) is 22.9 Å². The summed E-state index contributed by atoms with van der Waals surface area (Å²) in [5.41, 5.74) is 2.17. The SMILES string of the molecule is Cc1ccccc1Oc1nc2ccccn2c(=O)c1/C=C1/SC(=S)N(Cc2ccccc2)C1=O. The lowest BCUT2D eigenvalue weighted by Crippen LogP contribution is -2.27. The van der Waals surface area contributed by atoms with E-state index in [1.807, 2.05) is 61.5 Å². The lowest BCUT2D eigenvalue weighted by atomic mass is 10.2. The summed E-state index contributed by atoms with van der Waals surface area (Å²) < 4.78 is 7.96. The van der Waals surface area contributed by atoms with Crippen LogP contribution in [-0.2, 0) is 11.3 Å². The number of para-hydroxylation sites is 1. The highest BCUT2D eigenvalue weighted by molar-refractivity contribution is 8.26. The van der Waals surface area contributed by atoms with Crippen molar-refractivity contribution in [1.29, 1.82) is 0 Å². The molecule has 0 spiro atoms.